The summed E-state index contributed by atoms with van der Waals surface area (Å²) in [7, 11) is 0. The van der Waals surface area contributed by atoms with E-state index >= 15 is 0 Å². The van der Waals surface area contributed by atoms with Gasteiger partial charge in [-0.05, 0) is 55.8 Å². The van der Waals surface area contributed by atoms with Gasteiger partial charge >= 0.3 is 0 Å². The molecule has 0 amide bonds. The van der Waals surface area contributed by atoms with Crippen LogP contribution < -0.4 is 10.1 Å². The summed E-state index contributed by atoms with van der Waals surface area (Å²) in [6.45, 7) is 4.22. The molecule has 0 radical (unpaired) electrons. The Morgan fingerprint density at radius 2 is 2.26 bits per heavy atom. The lowest BCUT2D eigenvalue weighted by atomic mass is 10.1. The minimum atomic E-state index is 0.249. The number of fused-ring (bicyclic) bond motifs is 1. The first-order valence-electron chi connectivity index (χ1n) is 7.45. The van der Waals surface area contributed by atoms with Crippen molar-refractivity contribution in [2.24, 2.45) is 0 Å². The molecule has 0 bridgehead atoms. The monoisotopic (exact) mass is 263 g/mol. The lowest BCUT2D eigenvalue weighted by Gasteiger charge is -2.14. The van der Waals surface area contributed by atoms with Gasteiger partial charge in [0.1, 0.15) is 5.75 Å². The molecule has 1 aliphatic rings. The second kappa shape index (κ2) is 7.51. The average molecular weight is 263 g/mol. The van der Waals surface area contributed by atoms with Gasteiger partial charge in [0.15, 0.2) is 0 Å². The maximum absolute atomic E-state index is 8.77. The summed E-state index contributed by atoms with van der Waals surface area (Å²) in [6, 6.07) is 6.87. The Morgan fingerprint density at radius 3 is 3.05 bits per heavy atom. The number of unbranched alkanes of at least 4 members (excludes halogenated alkanes) is 1. The molecule has 2 N–H and O–H groups in total. The molecule has 0 fully saturated rings. The van der Waals surface area contributed by atoms with Gasteiger partial charge in [-0.25, -0.2) is 0 Å². The first kappa shape index (κ1) is 14.4. The largest absolute Gasteiger partial charge is 0.493 e. The van der Waals surface area contributed by atoms with E-state index < -0.39 is 0 Å². The number of hydrogen-bond acceptors (Lipinski definition) is 3. The van der Waals surface area contributed by atoms with Crippen molar-refractivity contribution in [3.8, 4) is 5.75 Å². The van der Waals surface area contributed by atoms with Crippen molar-refractivity contribution in [1.82, 2.24) is 5.32 Å². The molecule has 0 aromatic heterocycles. The lowest BCUT2D eigenvalue weighted by Crippen LogP contribution is -2.19. The summed E-state index contributed by atoms with van der Waals surface area (Å²) >= 11 is 0. The van der Waals surface area contributed by atoms with E-state index in [1.54, 1.807) is 0 Å². The van der Waals surface area contributed by atoms with Gasteiger partial charge in [0.25, 0.3) is 0 Å². The maximum Gasteiger partial charge on any atom is 0.122 e. The number of benzene rings is 1. The van der Waals surface area contributed by atoms with Gasteiger partial charge in [-0.2, -0.15) is 0 Å². The molecule has 0 aliphatic heterocycles. The Bertz CT molecular complexity index is 392. The molecule has 3 nitrogen and oxygen atoms in total. The van der Waals surface area contributed by atoms with E-state index in [9.17, 15) is 0 Å². The van der Waals surface area contributed by atoms with E-state index in [1.807, 2.05) is 0 Å². The highest BCUT2D eigenvalue weighted by molar-refractivity contribution is 5.45. The van der Waals surface area contributed by atoms with Crippen molar-refractivity contribution < 1.29 is 9.84 Å². The summed E-state index contributed by atoms with van der Waals surface area (Å²) in [5.41, 5.74) is 2.79. The Labute approximate surface area is 116 Å². The van der Waals surface area contributed by atoms with Crippen LogP contribution in [0.1, 0.15) is 49.8 Å². The molecular weight excluding hydrogens is 238 g/mol. The molecule has 19 heavy (non-hydrogen) atoms. The van der Waals surface area contributed by atoms with Gasteiger partial charge in [-0.3, -0.25) is 0 Å². The highest BCUT2D eigenvalue weighted by Crippen LogP contribution is 2.36. The molecular formula is C16H25NO2. The maximum atomic E-state index is 8.77. The smallest absolute Gasteiger partial charge is 0.122 e. The Hall–Kier alpha value is -1.06. The van der Waals surface area contributed by atoms with Crippen molar-refractivity contribution in [1.29, 1.82) is 0 Å². The van der Waals surface area contributed by atoms with Crippen molar-refractivity contribution in [3.05, 3.63) is 29.3 Å². The zero-order chi connectivity index (χ0) is 13.5. The van der Waals surface area contributed by atoms with E-state index in [0.29, 0.717) is 12.6 Å². The molecule has 3 heteroatoms. The van der Waals surface area contributed by atoms with Crippen molar-refractivity contribution in [2.45, 2.75) is 45.1 Å². The third kappa shape index (κ3) is 3.71. The fourth-order valence-electron chi connectivity index (χ4n) is 2.68. The fourth-order valence-corrected chi connectivity index (χ4v) is 2.68. The molecule has 1 aromatic rings. The number of ether oxygens (including phenoxy) is 1. The number of aliphatic hydroxyl groups excluding tert-OH is 1. The summed E-state index contributed by atoms with van der Waals surface area (Å²) < 4.78 is 5.86. The molecule has 1 aliphatic carbocycles. The minimum Gasteiger partial charge on any atom is -0.493 e. The first-order valence-corrected chi connectivity index (χ1v) is 7.45. The Kier molecular flexibility index (Phi) is 5.67. The standard InChI is InChI=1S/C16H25NO2/c1-2-10-17-15-9-8-14-13(15)6-5-7-16(14)19-12-4-3-11-18/h5-7,15,17-18H,2-4,8-12H2,1H3. The van der Waals surface area contributed by atoms with Crippen LogP contribution in [-0.4, -0.2) is 24.9 Å². The van der Waals surface area contributed by atoms with Gasteiger partial charge in [-0.15, -0.1) is 0 Å². The normalized spacial score (nSPS) is 17.5. The zero-order valence-corrected chi connectivity index (χ0v) is 11.8. The SMILES string of the molecule is CCCNC1CCc2c(OCCCCO)cccc21. The Balaban J connectivity index is 1.97. The number of hydrogen-bond donors (Lipinski definition) is 2. The quantitative estimate of drug-likeness (QED) is 0.709. The van der Waals surface area contributed by atoms with Gasteiger partial charge in [0, 0.05) is 12.6 Å². The second-order valence-electron chi connectivity index (χ2n) is 5.15. The van der Waals surface area contributed by atoms with Crippen LogP contribution in [-0.2, 0) is 6.42 Å². The molecule has 2 rings (SSSR count). The van der Waals surface area contributed by atoms with Crippen LogP contribution >= 0.6 is 0 Å². The highest BCUT2D eigenvalue weighted by Gasteiger charge is 2.24. The van der Waals surface area contributed by atoms with Crippen LogP contribution in [0.25, 0.3) is 0 Å². The van der Waals surface area contributed by atoms with Crippen LogP contribution in [0.3, 0.4) is 0 Å². The molecule has 0 saturated carbocycles. The van der Waals surface area contributed by atoms with E-state index in [4.69, 9.17) is 9.84 Å². The first-order chi connectivity index (χ1) is 9.36. The predicted molar refractivity (Wildman–Crippen MR) is 77.6 cm³/mol. The van der Waals surface area contributed by atoms with E-state index in [1.165, 1.54) is 24.0 Å². The zero-order valence-electron chi connectivity index (χ0n) is 11.8. The van der Waals surface area contributed by atoms with E-state index in [-0.39, 0.29) is 6.61 Å². The topological polar surface area (TPSA) is 41.5 Å². The average Bonchev–Trinajstić information content (AvgIpc) is 2.85. The van der Waals surface area contributed by atoms with Gasteiger partial charge in [0.05, 0.1) is 6.61 Å². The summed E-state index contributed by atoms with van der Waals surface area (Å²) in [4.78, 5) is 0. The molecule has 1 unspecified atom stereocenters. The minimum absolute atomic E-state index is 0.249. The van der Waals surface area contributed by atoms with Gasteiger partial charge < -0.3 is 15.2 Å². The number of rotatable bonds is 8. The lowest BCUT2D eigenvalue weighted by molar-refractivity contribution is 0.252. The van der Waals surface area contributed by atoms with Crippen LogP contribution in [0.4, 0.5) is 0 Å². The van der Waals surface area contributed by atoms with Crippen LogP contribution in [0.2, 0.25) is 0 Å². The second-order valence-corrected chi connectivity index (χ2v) is 5.15. The third-order valence-corrected chi connectivity index (χ3v) is 3.68. The number of aliphatic hydroxyl groups is 1. The summed E-state index contributed by atoms with van der Waals surface area (Å²) in [5, 5.41) is 12.4. The van der Waals surface area contributed by atoms with Crippen molar-refractivity contribution >= 4 is 0 Å². The van der Waals surface area contributed by atoms with Crippen molar-refractivity contribution in [3.63, 3.8) is 0 Å². The molecule has 0 saturated heterocycles. The number of nitrogens with one attached hydrogen (secondary N) is 1. The fraction of sp³-hybridized carbons (Fsp3) is 0.625. The molecule has 106 valence electrons. The molecule has 1 atom stereocenters. The van der Waals surface area contributed by atoms with Crippen LogP contribution in [0, 0.1) is 0 Å². The highest BCUT2D eigenvalue weighted by atomic mass is 16.5. The predicted octanol–water partition coefficient (Wildman–Crippen LogP) is 2.82. The molecule has 0 spiro atoms. The van der Waals surface area contributed by atoms with Gasteiger partial charge in [0.2, 0.25) is 0 Å². The summed E-state index contributed by atoms with van der Waals surface area (Å²) in [6.07, 6.45) is 5.18. The Morgan fingerprint density at radius 1 is 1.37 bits per heavy atom. The van der Waals surface area contributed by atoms with Gasteiger partial charge in [-0.1, -0.05) is 19.1 Å². The molecule has 1 aromatic carbocycles. The molecule has 0 heterocycles. The van der Waals surface area contributed by atoms with E-state index in [2.05, 4.69) is 30.4 Å². The van der Waals surface area contributed by atoms with Crippen molar-refractivity contribution in [2.75, 3.05) is 19.8 Å². The third-order valence-electron chi connectivity index (χ3n) is 3.68. The van der Waals surface area contributed by atoms with E-state index in [0.717, 1.165) is 31.6 Å². The van der Waals surface area contributed by atoms with Crippen LogP contribution in [0.5, 0.6) is 5.75 Å². The summed E-state index contributed by atoms with van der Waals surface area (Å²) in [5.74, 6) is 1.04. The van der Waals surface area contributed by atoms with Crippen LogP contribution in [0.15, 0.2) is 18.2 Å².